The Morgan fingerprint density at radius 2 is 1.00 bits per heavy atom. The second-order valence-corrected chi connectivity index (χ2v) is 26.8. The van der Waals surface area contributed by atoms with Crippen LogP contribution in [0.2, 0.25) is 0 Å². The summed E-state index contributed by atoms with van der Waals surface area (Å²) in [4.78, 5) is 38.5. The van der Waals surface area contributed by atoms with Crippen molar-refractivity contribution in [3.8, 4) is 0 Å². The smallest absolute Gasteiger partial charge is 0.364 e. The quantitative estimate of drug-likeness (QED) is 0.0207. The van der Waals surface area contributed by atoms with E-state index < -0.39 is 155 Å². The van der Waals surface area contributed by atoms with Gasteiger partial charge in [0.15, 0.2) is 12.6 Å². The van der Waals surface area contributed by atoms with Crippen LogP contribution in [0.25, 0.3) is 0 Å². The van der Waals surface area contributed by atoms with Crippen LogP contribution in [-0.2, 0) is 42.8 Å². The highest BCUT2D eigenvalue weighted by Crippen LogP contribution is 2.39. The third-order valence-corrected chi connectivity index (χ3v) is 18.7. The zero-order valence-corrected chi connectivity index (χ0v) is 57.1. The fraction of sp³-hybridized carbons (Fsp3) is 0.929. The summed E-state index contributed by atoms with van der Waals surface area (Å²) in [6.07, 6.45) is 21.6. The number of carboxylic acids is 1. The highest BCUT2D eigenvalue weighted by atomic mass is 16.8. The Morgan fingerprint density at radius 3 is 1.43 bits per heavy atom. The molecule has 0 aromatic carbocycles. The molecule has 23 heteroatoms. The number of ether oxygens (including phenoxy) is 6. The molecule has 3 aliphatic heterocycles. The van der Waals surface area contributed by atoms with Gasteiger partial charge in [0.25, 0.3) is 5.79 Å². The fourth-order valence-electron chi connectivity index (χ4n) is 12.9. The van der Waals surface area contributed by atoms with Gasteiger partial charge in [0.05, 0.1) is 50.7 Å². The van der Waals surface area contributed by atoms with Crippen LogP contribution in [0.3, 0.4) is 0 Å². The summed E-state index contributed by atoms with van der Waals surface area (Å²) in [5.41, 5.74) is 0. The van der Waals surface area contributed by atoms with E-state index in [9.17, 15) is 75.7 Å². The minimum atomic E-state index is -3.08. The first kappa shape index (κ1) is 84.7. The van der Waals surface area contributed by atoms with Crippen LogP contribution in [0.4, 0.5) is 0 Å². The summed E-state index contributed by atoms with van der Waals surface area (Å²) in [5.74, 6) is -6.14. The molecule has 0 bridgehead atoms. The Labute approximate surface area is 556 Å². The van der Waals surface area contributed by atoms with Gasteiger partial charge in [-0.05, 0) is 19.3 Å². The number of amides is 2. The Morgan fingerprint density at radius 1 is 0.559 bits per heavy atom. The van der Waals surface area contributed by atoms with Crippen molar-refractivity contribution < 1.29 is 104 Å². The Hall–Kier alpha value is -2.53. The van der Waals surface area contributed by atoms with Crippen molar-refractivity contribution in [1.29, 1.82) is 0 Å². The Bertz CT molecular complexity index is 1930. The third kappa shape index (κ3) is 32.8. The van der Waals surface area contributed by atoms with Crippen molar-refractivity contribution >= 4 is 17.8 Å². The highest BCUT2D eigenvalue weighted by molar-refractivity contribution is 5.77. The first-order valence-electron chi connectivity index (χ1n) is 36.6. The van der Waals surface area contributed by atoms with Crippen molar-refractivity contribution in [3.05, 3.63) is 12.2 Å². The maximum atomic E-state index is 13.4. The highest BCUT2D eigenvalue weighted by Gasteiger charge is 2.60. The molecular formula is C70H130N2O21. The van der Waals surface area contributed by atoms with Crippen LogP contribution in [0, 0.1) is 0 Å². The number of aliphatic carboxylic acids is 1. The largest absolute Gasteiger partial charge is 0.477 e. The molecule has 18 unspecified atom stereocenters. The summed E-state index contributed by atoms with van der Waals surface area (Å²) in [5, 5.41) is 136. The van der Waals surface area contributed by atoms with Gasteiger partial charge < -0.3 is 100 Å². The van der Waals surface area contributed by atoms with Crippen LogP contribution in [0.5, 0.6) is 0 Å². The van der Waals surface area contributed by atoms with E-state index in [4.69, 9.17) is 28.4 Å². The van der Waals surface area contributed by atoms with E-state index in [1.165, 1.54) is 186 Å². The summed E-state index contributed by atoms with van der Waals surface area (Å²) >= 11 is 0. The molecule has 3 fully saturated rings. The standard InChI is InChI=1S/C70H130N2O21/c1-4-6-8-10-12-14-16-17-18-19-20-21-22-23-24-25-26-27-28-29-30-31-32-33-34-36-38-40-42-44-57(80)72-51(52(77)43-41-39-37-35-15-13-11-9-7-5-2)49-88-67-62(84)61(83)64(56(48-75)90-67)91-68-63(85)66(60(82)55(47-74)89-68)93-70(69(86)87)45-53(78)58(71-50(3)76)65(92-70)59(81)54(79)46-73/h41,43,51-56,58-68,73-75,77-79,81-85H,4-40,42,44-49H2,1-3H3,(H,71,76)(H,72,80)(H,86,87)/b43-41+. The number of carbonyl (C=O) groups is 3. The molecule has 0 radical (unpaired) electrons. The first-order valence-corrected chi connectivity index (χ1v) is 36.6. The van der Waals surface area contributed by atoms with Crippen LogP contribution >= 0.6 is 0 Å². The number of nitrogens with one attached hydrogen (secondary N) is 2. The lowest BCUT2D eigenvalue weighted by Crippen LogP contribution is -2.70. The Balaban J connectivity index is 1.48. The molecule has 0 spiro atoms. The van der Waals surface area contributed by atoms with Gasteiger partial charge in [-0.15, -0.1) is 0 Å². The van der Waals surface area contributed by atoms with E-state index >= 15 is 0 Å². The van der Waals surface area contributed by atoms with Crippen LogP contribution < -0.4 is 10.6 Å². The van der Waals surface area contributed by atoms with Gasteiger partial charge in [-0.3, -0.25) is 9.59 Å². The van der Waals surface area contributed by atoms with Gasteiger partial charge in [-0.25, -0.2) is 4.79 Å². The van der Waals surface area contributed by atoms with Gasteiger partial charge in [0, 0.05) is 19.8 Å². The van der Waals surface area contributed by atoms with Crippen molar-refractivity contribution in [2.24, 2.45) is 0 Å². The number of unbranched alkanes of at least 4 members (excludes halogenated alkanes) is 36. The number of hydrogen-bond acceptors (Lipinski definition) is 20. The molecule has 3 heterocycles. The molecule has 0 saturated carbocycles. The van der Waals surface area contributed by atoms with E-state index in [0.29, 0.717) is 12.8 Å². The lowest BCUT2D eigenvalue weighted by molar-refractivity contribution is -0.386. The van der Waals surface area contributed by atoms with Crippen molar-refractivity contribution in [2.45, 2.75) is 387 Å². The normalized spacial score (nSPS) is 28.1. The van der Waals surface area contributed by atoms with E-state index in [0.717, 1.165) is 51.9 Å². The van der Waals surface area contributed by atoms with E-state index in [2.05, 4.69) is 24.5 Å². The van der Waals surface area contributed by atoms with Crippen molar-refractivity contribution in [2.75, 3.05) is 26.4 Å². The van der Waals surface area contributed by atoms with Crippen LogP contribution in [-0.4, -0.2) is 215 Å². The third-order valence-electron chi connectivity index (χ3n) is 18.7. The molecule has 14 N–H and O–H groups in total. The number of rotatable bonds is 56. The molecule has 0 aromatic rings. The topological polar surface area (TPSA) is 373 Å². The molecule has 23 nitrogen and oxygen atoms in total. The van der Waals surface area contributed by atoms with Crippen molar-refractivity contribution in [3.63, 3.8) is 0 Å². The summed E-state index contributed by atoms with van der Waals surface area (Å²) in [6, 6.07) is -2.61. The number of hydrogen-bond donors (Lipinski definition) is 14. The van der Waals surface area contributed by atoms with E-state index in [1.807, 2.05) is 6.08 Å². The molecule has 0 aliphatic carbocycles. The van der Waals surface area contributed by atoms with Gasteiger partial charge >= 0.3 is 5.97 Å². The zero-order chi connectivity index (χ0) is 68.2. The number of allylic oxidation sites excluding steroid dienone is 1. The molecule has 18 atom stereocenters. The van der Waals surface area contributed by atoms with Crippen LogP contribution in [0.1, 0.15) is 278 Å². The summed E-state index contributed by atoms with van der Waals surface area (Å²) in [7, 11) is 0. The molecule has 3 aliphatic rings. The number of carbonyl (C=O) groups excluding carboxylic acids is 2. The number of aliphatic hydroxyl groups excluding tert-OH is 11. The molecule has 3 rings (SSSR count). The van der Waals surface area contributed by atoms with Gasteiger partial charge in [0.2, 0.25) is 11.8 Å². The zero-order valence-electron chi connectivity index (χ0n) is 57.1. The average Bonchev–Trinajstić information content (AvgIpc) is 0.778. The van der Waals surface area contributed by atoms with Crippen LogP contribution in [0.15, 0.2) is 12.2 Å². The monoisotopic (exact) mass is 1330 g/mol. The van der Waals surface area contributed by atoms with Gasteiger partial charge in [0.1, 0.15) is 67.1 Å². The average molecular weight is 1340 g/mol. The molecule has 0 aromatic heterocycles. The molecule has 3 saturated heterocycles. The minimum absolute atomic E-state index is 0.205. The number of carboxylic acid groups (broad SMARTS) is 1. The summed E-state index contributed by atoms with van der Waals surface area (Å²) < 4.78 is 34.7. The van der Waals surface area contributed by atoms with E-state index in [-0.39, 0.29) is 12.3 Å². The maximum Gasteiger partial charge on any atom is 0.364 e. The van der Waals surface area contributed by atoms with E-state index in [1.54, 1.807) is 6.08 Å². The fourth-order valence-corrected chi connectivity index (χ4v) is 12.9. The minimum Gasteiger partial charge on any atom is -0.477 e. The lowest BCUT2D eigenvalue weighted by Gasteiger charge is -2.50. The first-order chi connectivity index (χ1) is 44.9. The van der Waals surface area contributed by atoms with Crippen molar-refractivity contribution in [1.82, 2.24) is 10.6 Å². The SMILES string of the molecule is CCCCCCCCCC/C=C/C(O)C(COC1OC(CO)C(OC2OC(CO)C(O)C(OC3(C(=O)O)CC(O)C(NC(C)=O)C(C(O)C(O)CO)O3)C2O)C(O)C1O)NC(=O)CCCCCCCCCCCCCCCCCCCCCCCCCCCCCCC. The lowest BCUT2D eigenvalue weighted by atomic mass is 9.88. The molecule has 546 valence electrons. The van der Waals surface area contributed by atoms with Gasteiger partial charge in [-0.2, -0.15) is 0 Å². The second-order valence-electron chi connectivity index (χ2n) is 26.8. The molecule has 93 heavy (non-hydrogen) atoms. The number of aliphatic hydroxyl groups is 11. The predicted octanol–water partition coefficient (Wildman–Crippen LogP) is 7.46. The molecule has 2 amide bonds. The Kier molecular flexibility index (Phi) is 46.2. The maximum absolute atomic E-state index is 13.4. The molecular weight excluding hydrogens is 1200 g/mol. The second kappa shape index (κ2) is 50.7. The summed E-state index contributed by atoms with van der Waals surface area (Å²) in [6.45, 7) is 2.12. The predicted molar refractivity (Wildman–Crippen MR) is 352 cm³/mol. The van der Waals surface area contributed by atoms with Gasteiger partial charge in [-0.1, -0.05) is 251 Å².